The summed E-state index contributed by atoms with van der Waals surface area (Å²) in [6.07, 6.45) is 0. The van der Waals surface area contributed by atoms with Gasteiger partial charge in [-0.05, 0) is 35.9 Å². The monoisotopic (exact) mass is 334 g/mol. The molecule has 0 saturated carbocycles. The Morgan fingerprint density at radius 3 is 2.68 bits per heavy atom. The van der Waals surface area contributed by atoms with E-state index < -0.39 is 0 Å². The average molecular weight is 336 g/mol. The smallest absolute Gasteiger partial charge is 0.101 e. The van der Waals surface area contributed by atoms with Crippen molar-refractivity contribution in [1.82, 2.24) is 0 Å². The fraction of sp³-hybridized carbons (Fsp3) is 0.133. The summed E-state index contributed by atoms with van der Waals surface area (Å²) in [5.41, 5.74) is 2.70. The molecule has 0 N–H and O–H groups in total. The van der Waals surface area contributed by atoms with Crippen LogP contribution in [0, 0.1) is 11.3 Å². The Morgan fingerprint density at radius 1 is 1.26 bits per heavy atom. The van der Waals surface area contributed by atoms with E-state index >= 15 is 0 Å². The van der Waals surface area contributed by atoms with Crippen LogP contribution in [0.3, 0.4) is 0 Å². The Labute approximate surface area is 126 Å². The lowest BCUT2D eigenvalue weighted by atomic mass is 10.2. The van der Waals surface area contributed by atoms with Crippen molar-refractivity contribution in [3.8, 4) is 6.07 Å². The van der Waals surface area contributed by atoms with E-state index in [-0.39, 0.29) is 0 Å². The number of hydrogen-bond donors (Lipinski definition) is 0. The first-order valence-electron chi connectivity index (χ1n) is 5.75. The molecule has 0 aliphatic carbocycles. The van der Waals surface area contributed by atoms with E-state index in [2.05, 4.69) is 39.0 Å². The van der Waals surface area contributed by atoms with Crippen LogP contribution in [0.1, 0.15) is 11.1 Å². The van der Waals surface area contributed by atoms with Gasteiger partial charge in [0, 0.05) is 23.8 Å². The molecule has 19 heavy (non-hydrogen) atoms. The molecular weight excluding hydrogens is 324 g/mol. The van der Waals surface area contributed by atoms with Crippen LogP contribution in [0.2, 0.25) is 5.02 Å². The molecule has 96 valence electrons. The third kappa shape index (κ3) is 3.50. The highest BCUT2D eigenvalue weighted by Gasteiger charge is 2.06. The van der Waals surface area contributed by atoms with E-state index in [9.17, 15) is 0 Å². The van der Waals surface area contributed by atoms with E-state index in [1.807, 2.05) is 31.3 Å². The highest BCUT2D eigenvalue weighted by Crippen LogP contribution is 2.24. The Balaban J connectivity index is 2.18. The Kier molecular flexibility index (Phi) is 4.47. The molecule has 2 nitrogen and oxygen atoms in total. The highest BCUT2D eigenvalue weighted by atomic mass is 79.9. The van der Waals surface area contributed by atoms with Crippen LogP contribution in [0.5, 0.6) is 0 Å². The van der Waals surface area contributed by atoms with E-state index in [4.69, 9.17) is 16.9 Å². The standard InChI is InChI=1S/C15H12BrClN2/c1-19(10-11-3-2-4-13(16)7-11)14-6-5-12(9-18)15(17)8-14/h2-8H,10H2,1H3. The van der Waals surface area contributed by atoms with Gasteiger partial charge in [-0.3, -0.25) is 0 Å². The molecule has 0 amide bonds. The summed E-state index contributed by atoms with van der Waals surface area (Å²) < 4.78 is 1.07. The minimum atomic E-state index is 0.487. The summed E-state index contributed by atoms with van der Waals surface area (Å²) in [5.74, 6) is 0. The topological polar surface area (TPSA) is 27.0 Å². The predicted octanol–water partition coefficient (Wildman–Crippen LogP) is 4.61. The van der Waals surface area contributed by atoms with Crippen molar-refractivity contribution < 1.29 is 0 Å². The van der Waals surface area contributed by atoms with Crippen molar-refractivity contribution in [2.45, 2.75) is 6.54 Å². The van der Waals surface area contributed by atoms with Gasteiger partial charge in [-0.15, -0.1) is 0 Å². The summed E-state index contributed by atoms with van der Waals surface area (Å²) in [7, 11) is 2.00. The van der Waals surface area contributed by atoms with Gasteiger partial charge in [0.15, 0.2) is 0 Å². The molecule has 0 unspecified atom stereocenters. The van der Waals surface area contributed by atoms with Gasteiger partial charge in [-0.1, -0.05) is 39.7 Å². The van der Waals surface area contributed by atoms with Crippen molar-refractivity contribution in [3.63, 3.8) is 0 Å². The second kappa shape index (κ2) is 6.10. The van der Waals surface area contributed by atoms with Crippen LogP contribution in [-0.4, -0.2) is 7.05 Å². The van der Waals surface area contributed by atoms with E-state index in [1.165, 1.54) is 5.56 Å². The van der Waals surface area contributed by atoms with Gasteiger partial charge in [-0.25, -0.2) is 0 Å². The number of anilines is 1. The molecule has 0 heterocycles. The van der Waals surface area contributed by atoms with Gasteiger partial charge in [-0.2, -0.15) is 5.26 Å². The van der Waals surface area contributed by atoms with Crippen molar-refractivity contribution in [2.75, 3.05) is 11.9 Å². The summed E-state index contributed by atoms with van der Waals surface area (Å²) in [4.78, 5) is 2.09. The van der Waals surface area contributed by atoms with Crippen molar-refractivity contribution in [3.05, 3.63) is 63.1 Å². The minimum absolute atomic E-state index is 0.487. The Hall–Kier alpha value is -1.50. The first-order chi connectivity index (χ1) is 9.10. The third-order valence-corrected chi connectivity index (χ3v) is 3.63. The zero-order valence-corrected chi connectivity index (χ0v) is 12.7. The number of halogens is 2. The number of benzene rings is 2. The highest BCUT2D eigenvalue weighted by molar-refractivity contribution is 9.10. The second-order valence-electron chi connectivity index (χ2n) is 4.26. The lowest BCUT2D eigenvalue weighted by Gasteiger charge is -2.20. The predicted molar refractivity (Wildman–Crippen MR) is 82.4 cm³/mol. The van der Waals surface area contributed by atoms with Gasteiger partial charge in [0.2, 0.25) is 0 Å². The zero-order valence-electron chi connectivity index (χ0n) is 10.4. The van der Waals surface area contributed by atoms with Crippen molar-refractivity contribution in [1.29, 1.82) is 5.26 Å². The number of nitriles is 1. The van der Waals surface area contributed by atoms with Crippen LogP contribution < -0.4 is 4.90 Å². The number of hydrogen-bond acceptors (Lipinski definition) is 2. The lowest BCUT2D eigenvalue weighted by Crippen LogP contribution is -2.16. The maximum atomic E-state index is 8.86. The van der Waals surface area contributed by atoms with Crippen LogP contribution in [0.15, 0.2) is 46.9 Å². The largest absolute Gasteiger partial charge is 0.370 e. The molecule has 0 radical (unpaired) electrons. The molecule has 0 spiro atoms. The number of rotatable bonds is 3. The molecule has 0 aromatic heterocycles. The normalized spacial score (nSPS) is 10.0. The first kappa shape index (κ1) is 13.9. The van der Waals surface area contributed by atoms with E-state index in [0.29, 0.717) is 10.6 Å². The number of nitrogens with zero attached hydrogens (tertiary/aromatic N) is 2. The van der Waals surface area contributed by atoms with Gasteiger partial charge < -0.3 is 4.90 Å². The van der Waals surface area contributed by atoms with Crippen molar-refractivity contribution in [2.24, 2.45) is 0 Å². The maximum absolute atomic E-state index is 8.86. The van der Waals surface area contributed by atoms with Gasteiger partial charge in [0.1, 0.15) is 6.07 Å². The SMILES string of the molecule is CN(Cc1cccc(Br)c1)c1ccc(C#N)c(Cl)c1. The maximum Gasteiger partial charge on any atom is 0.101 e. The zero-order chi connectivity index (χ0) is 13.8. The summed E-state index contributed by atoms with van der Waals surface area (Å²) in [5, 5.41) is 9.35. The quantitative estimate of drug-likeness (QED) is 0.819. The van der Waals surface area contributed by atoms with Crippen LogP contribution in [0.25, 0.3) is 0 Å². The summed E-state index contributed by atoms with van der Waals surface area (Å²) in [6, 6.07) is 15.7. The second-order valence-corrected chi connectivity index (χ2v) is 5.58. The molecule has 0 aliphatic rings. The molecule has 0 bridgehead atoms. The molecule has 4 heteroatoms. The molecule has 0 fully saturated rings. The van der Waals surface area contributed by atoms with Crippen molar-refractivity contribution >= 4 is 33.2 Å². The fourth-order valence-corrected chi connectivity index (χ4v) is 2.50. The molecule has 0 atom stereocenters. The molecule has 2 aromatic carbocycles. The molecule has 0 aliphatic heterocycles. The first-order valence-corrected chi connectivity index (χ1v) is 6.92. The van der Waals surface area contributed by atoms with Crippen LogP contribution in [-0.2, 0) is 6.54 Å². The summed E-state index contributed by atoms with van der Waals surface area (Å²) >= 11 is 9.51. The lowest BCUT2D eigenvalue weighted by molar-refractivity contribution is 0.922. The Morgan fingerprint density at radius 2 is 2.05 bits per heavy atom. The van der Waals surface area contributed by atoms with E-state index in [1.54, 1.807) is 6.07 Å². The molecular formula is C15H12BrClN2. The van der Waals surface area contributed by atoms with E-state index in [0.717, 1.165) is 16.7 Å². The van der Waals surface area contributed by atoms with Crippen LogP contribution >= 0.6 is 27.5 Å². The molecule has 0 saturated heterocycles. The van der Waals surface area contributed by atoms with Crippen LogP contribution in [0.4, 0.5) is 5.69 Å². The van der Waals surface area contributed by atoms with Gasteiger partial charge >= 0.3 is 0 Å². The van der Waals surface area contributed by atoms with Gasteiger partial charge in [0.05, 0.1) is 10.6 Å². The minimum Gasteiger partial charge on any atom is -0.370 e. The molecule has 2 rings (SSSR count). The Bertz CT molecular complexity index is 634. The average Bonchev–Trinajstić information content (AvgIpc) is 2.38. The van der Waals surface area contributed by atoms with Gasteiger partial charge in [0.25, 0.3) is 0 Å². The summed E-state index contributed by atoms with van der Waals surface area (Å²) in [6.45, 7) is 0.779. The third-order valence-electron chi connectivity index (χ3n) is 2.82. The molecule has 2 aromatic rings. The fourth-order valence-electron chi connectivity index (χ4n) is 1.83.